The molecule has 1 fully saturated rings. The Morgan fingerprint density at radius 3 is 2.80 bits per heavy atom. The molecule has 0 saturated carbocycles. The lowest BCUT2D eigenvalue weighted by atomic mass is 10.1. The Morgan fingerprint density at radius 2 is 2.08 bits per heavy atom. The predicted octanol–water partition coefficient (Wildman–Crippen LogP) is 3.40. The van der Waals surface area contributed by atoms with Crippen molar-refractivity contribution in [2.45, 2.75) is 25.8 Å². The Bertz CT molecular complexity index is 885. The summed E-state index contributed by atoms with van der Waals surface area (Å²) in [7, 11) is 0. The summed E-state index contributed by atoms with van der Waals surface area (Å²) in [6.45, 7) is 3.93. The van der Waals surface area contributed by atoms with Gasteiger partial charge in [-0.25, -0.2) is 4.98 Å². The van der Waals surface area contributed by atoms with Crippen molar-refractivity contribution in [1.29, 1.82) is 0 Å². The van der Waals surface area contributed by atoms with Crippen LogP contribution in [-0.2, 0) is 0 Å². The van der Waals surface area contributed by atoms with E-state index in [4.69, 9.17) is 4.98 Å². The number of anilines is 1. The Hall–Kier alpha value is -2.47. The first-order chi connectivity index (χ1) is 12.2. The van der Waals surface area contributed by atoms with Crippen molar-refractivity contribution in [3.8, 4) is 0 Å². The normalized spacial score (nSPS) is 15.5. The maximum Gasteiger partial charge on any atom is 0.253 e. The van der Waals surface area contributed by atoms with Crippen LogP contribution in [0, 0.1) is 6.92 Å². The summed E-state index contributed by atoms with van der Waals surface area (Å²) in [5.41, 5.74) is 2.94. The molecule has 1 aromatic carbocycles. The van der Waals surface area contributed by atoms with Crippen LogP contribution in [0.5, 0.6) is 0 Å². The number of benzene rings is 1. The summed E-state index contributed by atoms with van der Waals surface area (Å²) < 4.78 is 1.24. The summed E-state index contributed by atoms with van der Waals surface area (Å²) in [5.74, 6) is -0.0397. The first-order valence-electron chi connectivity index (χ1n) is 8.53. The maximum absolute atomic E-state index is 12.2. The SMILES string of the molecule is Cc1cccc2sc(N3CCC(NC(=O)c4cccnc4)CC3)nc12. The van der Waals surface area contributed by atoms with E-state index in [1.807, 2.05) is 0 Å². The predicted molar refractivity (Wildman–Crippen MR) is 101 cm³/mol. The molecule has 1 amide bonds. The monoisotopic (exact) mass is 352 g/mol. The Balaban J connectivity index is 1.39. The van der Waals surface area contributed by atoms with Crippen LogP contribution in [0.15, 0.2) is 42.7 Å². The van der Waals surface area contributed by atoms with Crippen LogP contribution in [0.2, 0.25) is 0 Å². The third-order valence-corrected chi connectivity index (χ3v) is 5.72. The van der Waals surface area contributed by atoms with E-state index >= 15 is 0 Å². The van der Waals surface area contributed by atoms with Gasteiger partial charge in [0.1, 0.15) is 0 Å². The fraction of sp³-hybridized carbons (Fsp3) is 0.316. The molecule has 6 heteroatoms. The van der Waals surface area contributed by atoms with Gasteiger partial charge in [0.15, 0.2) is 5.13 Å². The van der Waals surface area contributed by atoms with Crippen LogP contribution < -0.4 is 10.2 Å². The van der Waals surface area contributed by atoms with Gasteiger partial charge in [0.25, 0.3) is 5.91 Å². The second-order valence-corrected chi connectivity index (χ2v) is 7.40. The van der Waals surface area contributed by atoms with Crippen molar-refractivity contribution in [3.63, 3.8) is 0 Å². The van der Waals surface area contributed by atoms with Crippen molar-refractivity contribution in [3.05, 3.63) is 53.9 Å². The largest absolute Gasteiger partial charge is 0.349 e. The fourth-order valence-electron chi connectivity index (χ4n) is 3.19. The highest BCUT2D eigenvalue weighted by atomic mass is 32.1. The van der Waals surface area contributed by atoms with Gasteiger partial charge in [-0.3, -0.25) is 9.78 Å². The zero-order valence-corrected chi connectivity index (χ0v) is 14.9. The average Bonchev–Trinajstić information content (AvgIpc) is 3.09. The number of hydrogen-bond acceptors (Lipinski definition) is 5. The molecule has 25 heavy (non-hydrogen) atoms. The lowest BCUT2D eigenvalue weighted by molar-refractivity contribution is 0.0930. The van der Waals surface area contributed by atoms with Gasteiger partial charge in [-0.15, -0.1) is 0 Å². The smallest absolute Gasteiger partial charge is 0.253 e. The van der Waals surface area contributed by atoms with Gasteiger partial charge in [-0.1, -0.05) is 23.5 Å². The molecule has 128 valence electrons. The minimum atomic E-state index is -0.0397. The molecule has 1 aliphatic heterocycles. The van der Waals surface area contributed by atoms with Gasteiger partial charge in [-0.2, -0.15) is 0 Å². The Labute approximate surface area is 150 Å². The number of carbonyl (C=O) groups is 1. The summed E-state index contributed by atoms with van der Waals surface area (Å²) in [5, 5.41) is 4.20. The van der Waals surface area contributed by atoms with Crippen molar-refractivity contribution < 1.29 is 4.79 Å². The lowest BCUT2D eigenvalue weighted by Crippen LogP contribution is -2.44. The molecule has 0 bridgehead atoms. The molecule has 3 aromatic rings. The number of fused-ring (bicyclic) bond motifs is 1. The molecule has 0 spiro atoms. The third-order valence-electron chi connectivity index (χ3n) is 4.63. The zero-order chi connectivity index (χ0) is 17.2. The van der Waals surface area contributed by atoms with E-state index < -0.39 is 0 Å². The summed E-state index contributed by atoms with van der Waals surface area (Å²) >= 11 is 1.75. The van der Waals surface area contributed by atoms with Gasteiger partial charge in [0, 0.05) is 31.5 Å². The number of hydrogen-bond donors (Lipinski definition) is 1. The maximum atomic E-state index is 12.2. The van der Waals surface area contributed by atoms with E-state index in [2.05, 4.69) is 40.3 Å². The highest BCUT2D eigenvalue weighted by molar-refractivity contribution is 7.22. The van der Waals surface area contributed by atoms with Crippen LogP contribution in [0.3, 0.4) is 0 Å². The van der Waals surface area contributed by atoms with Gasteiger partial charge < -0.3 is 10.2 Å². The molecule has 0 aliphatic carbocycles. The number of rotatable bonds is 3. The van der Waals surface area contributed by atoms with E-state index in [-0.39, 0.29) is 11.9 Å². The van der Waals surface area contributed by atoms with Crippen LogP contribution in [0.4, 0.5) is 5.13 Å². The minimum absolute atomic E-state index is 0.0397. The van der Waals surface area contributed by atoms with Crippen molar-refractivity contribution in [2.24, 2.45) is 0 Å². The highest BCUT2D eigenvalue weighted by Crippen LogP contribution is 2.31. The quantitative estimate of drug-likeness (QED) is 0.785. The molecule has 3 heterocycles. The molecule has 0 atom stereocenters. The molecule has 1 saturated heterocycles. The second-order valence-electron chi connectivity index (χ2n) is 6.39. The molecule has 2 aromatic heterocycles. The van der Waals surface area contributed by atoms with Gasteiger partial charge in [0.2, 0.25) is 0 Å². The molecule has 4 rings (SSSR count). The van der Waals surface area contributed by atoms with E-state index in [1.165, 1.54) is 10.3 Å². The van der Waals surface area contributed by atoms with Crippen molar-refractivity contribution >= 4 is 32.6 Å². The first-order valence-corrected chi connectivity index (χ1v) is 9.34. The number of nitrogens with one attached hydrogen (secondary N) is 1. The number of amides is 1. The Morgan fingerprint density at radius 1 is 1.24 bits per heavy atom. The molecule has 1 N–H and O–H groups in total. The molecule has 5 nitrogen and oxygen atoms in total. The Kier molecular flexibility index (Phi) is 4.36. The molecule has 1 aliphatic rings. The third kappa shape index (κ3) is 3.35. The van der Waals surface area contributed by atoms with Gasteiger partial charge >= 0.3 is 0 Å². The summed E-state index contributed by atoms with van der Waals surface area (Å²) in [6, 6.07) is 10.1. The van der Waals surface area contributed by atoms with Gasteiger partial charge in [0.05, 0.1) is 15.8 Å². The van der Waals surface area contributed by atoms with Crippen LogP contribution >= 0.6 is 11.3 Å². The topological polar surface area (TPSA) is 58.1 Å². The van der Waals surface area contributed by atoms with E-state index in [1.54, 1.807) is 35.9 Å². The molecule has 0 unspecified atom stereocenters. The summed E-state index contributed by atoms with van der Waals surface area (Å²) in [4.78, 5) is 23.4. The molecular weight excluding hydrogens is 332 g/mol. The number of carbonyl (C=O) groups excluding carboxylic acids is 1. The minimum Gasteiger partial charge on any atom is -0.349 e. The molecule has 0 radical (unpaired) electrons. The van der Waals surface area contributed by atoms with E-state index in [0.717, 1.165) is 36.6 Å². The van der Waals surface area contributed by atoms with E-state index in [0.29, 0.717) is 5.56 Å². The second kappa shape index (κ2) is 6.80. The van der Waals surface area contributed by atoms with Crippen LogP contribution in [0.25, 0.3) is 10.2 Å². The van der Waals surface area contributed by atoms with Crippen LogP contribution in [-0.4, -0.2) is 35.0 Å². The number of aromatic nitrogens is 2. The highest BCUT2D eigenvalue weighted by Gasteiger charge is 2.23. The zero-order valence-electron chi connectivity index (χ0n) is 14.1. The number of para-hydroxylation sites is 1. The number of aryl methyl sites for hydroxylation is 1. The van der Waals surface area contributed by atoms with Gasteiger partial charge in [-0.05, 0) is 43.5 Å². The van der Waals surface area contributed by atoms with E-state index in [9.17, 15) is 4.79 Å². The number of nitrogens with zero attached hydrogens (tertiary/aromatic N) is 3. The number of pyridine rings is 1. The van der Waals surface area contributed by atoms with Crippen molar-refractivity contribution in [1.82, 2.24) is 15.3 Å². The average molecular weight is 352 g/mol. The number of piperidine rings is 1. The number of thiazole rings is 1. The molecular formula is C19H20N4OS. The summed E-state index contributed by atoms with van der Waals surface area (Å²) in [6.07, 6.45) is 5.14. The fourth-order valence-corrected chi connectivity index (χ4v) is 4.29. The lowest BCUT2D eigenvalue weighted by Gasteiger charge is -2.32. The van der Waals surface area contributed by atoms with Crippen LogP contribution in [0.1, 0.15) is 28.8 Å². The van der Waals surface area contributed by atoms with Crippen molar-refractivity contribution in [2.75, 3.05) is 18.0 Å². The standard InChI is InChI=1S/C19H20N4OS/c1-13-4-2-6-16-17(13)22-19(25-16)23-10-7-15(8-11-23)21-18(24)14-5-3-9-20-12-14/h2-6,9,12,15H,7-8,10-11H2,1H3,(H,21,24). The first kappa shape index (κ1) is 16.0.